The van der Waals surface area contributed by atoms with Gasteiger partial charge in [-0.15, -0.1) is 0 Å². The topological polar surface area (TPSA) is 74.2 Å². The van der Waals surface area contributed by atoms with Crippen molar-refractivity contribution in [1.82, 2.24) is 10.1 Å². The van der Waals surface area contributed by atoms with Crippen LogP contribution in [0.2, 0.25) is 0 Å². The Hall–Kier alpha value is -1.31. The summed E-state index contributed by atoms with van der Waals surface area (Å²) in [7, 11) is 0. The van der Waals surface area contributed by atoms with Gasteiger partial charge in [0.2, 0.25) is 5.82 Å². The van der Waals surface area contributed by atoms with Gasteiger partial charge in [0, 0.05) is 16.6 Å². The van der Waals surface area contributed by atoms with Crippen LogP contribution in [0.5, 0.6) is 0 Å². The maximum absolute atomic E-state index is 13.3. The zero-order valence-corrected chi connectivity index (χ0v) is 12.1. The molecule has 0 bridgehead atoms. The Morgan fingerprint density at radius 1 is 1.40 bits per heavy atom. The van der Waals surface area contributed by atoms with Crippen molar-refractivity contribution in [3.8, 4) is 11.4 Å². The first-order chi connectivity index (χ1) is 9.67. The predicted octanol–water partition coefficient (Wildman–Crippen LogP) is 2.82. The van der Waals surface area contributed by atoms with Gasteiger partial charge in [-0.05, 0) is 31.0 Å². The van der Waals surface area contributed by atoms with Gasteiger partial charge < -0.3 is 15.0 Å². The predicted molar refractivity (Wildman–Crippen MR) is 73.3 cm³/mol. The summed E-state index contributed by atoms with van der Waals surface area (Å²) < 4.78 is 24.9. The minimum Gasteiger partial charge on any atom is -0.364 e. The van der Waals surface area contributed by atoms with E-state index in [4.69, 9.17) is 15.0 Å². The molecule has 0 spiro atoms. The molecule has 106 valence electrons. The number of nitrogens with zero attached hydrogens (tertiary/aromatic N) is 2. The fraction of sp³-hybridized carbons (Fsp3) is 0.385. The number of hydrogen-bond donors (Lipinski definition) is 1. The smallest absolute Gasteiger partial charge is 0.256 e. The zero-order valence-electron chi connectivity index (χ0n) is 10.6. The molecule has 7 heteroatoms. The van der Waals surface area contributed by atoms with E-state index >= 15 is 0 Å². The Bertz CT molecular complexity index is 619. The largest absolute Gasteiger partial charge is 0.364 e. The van der Waals surface area contributed by atoms with Crippen LogP contribution in [0.1, 0.15) is 24.8 Å². The summed E-state index contributed by atoms with van der Waals surface area (Å²) in [6.45, 7) is 0.479. The fourth-order valence-electron chi connectivity index (χ4n) is 2.20. The SMILES string of the molecule is NCC1CCC(c2nc(-c3cc(F)ccc3Br)no2)O1. The molecule has 20 heavy (non-hydrogen) atoms. The van der Waals surface area contributed by atoms with E-state index in [9.17, 15) is 4.39 Å². The van der Waals surface area contributed by atoms with Crippen LogP contribution in [0.25, 0.3) is 11.4 Å². The first kappa shape index (κ1) is 13.7. The Balaban J connectivity index is 1.85. The molecule has 2 heterocycles. The lowest BCUT2D eigenvalue weighted by Gasteiger charge is -2.07. The van der Waals surface area contributed by atoms with E-state index in [0.29, 0.717) is 28.3 Å². The maximum atomic E-state index is 13.3. The third-order valence-corrected chi connectivity index (χ3v) is 3.95. The highest BCUT2D eigenvalue weighted by Gasteiger charge is 2.30. The van der Waals surface area contributed by atoms with Gasteiger partial charge >= 0.3 is 0 Å². The summed E-state index contributed by atoms with van der Waals surface area (Å²) in [4.78, 5) is 4.29. The molecule has 3 rings (SSSR count). The van der Waals surface area contributed by atoms with Gasteiger partial charge in [-0.25, -0.2) is 4.39 Å². The molecule has 1 aromatic heterocycles. The monoisotopic (exact) mass is 341 g/mol. The average Bonchev–Trinajstić information content (AvgIpc) is 3.09. The van der Waals surface area contributed by atoms with Gasteiger partial charge in [0.1, 0.15) is 11.9 Å². The highest BCUT2D eigenvalue weighted by atomic mass is 79.9. The molecule has 2 aromatic rings. The quantitative estimate of drug-likeness (QED) is 0.928. The molecule has 1 aromatic carbocycles. The number of benzene rings is 1. The lowest BCUT2D eigenvalue weighted by atomic mass is 10.2. The van der Waals surface area contributed by atoms with E-state index in [1.54, 1.807) is 6.07 Å². The van der Waals surface area contributed by atoms with Crippen LogP contribution in [0.3, 0.4) is 0 Å². The second-order valence-electron chi connectivity index (χ2n) is 4.64. The van der Waals surface area contributed by atoms with Crippen LogP contribution in [0.15, 0.2) is 27.2 Å². The lowest BCUT2D eigenvalue weighted by Crippen LogP contribution is -2.18. The maximum Gasteiger partial charge on any atom is 0.256 e. The summed E-state index contributed by atoms with van der Waals surface area (Å²) in [5, 5.41) is 3.89. The highest BCUT2D eigenvalue weighted by molar-refractivity contribution is 9.10. The highest BCUT2D eigenvalue weighted by Crippen LogP contribution is 2.33. The Morgan fingerprint density at radius 3 is 3.00 bits per heavy atom. The second-order valence-corrected chi connectivity index (χ2v) is 5.49. The number of ether oxygens (including phenoxy) is 1. The molecule has 0 saturated carbocycles. The van der Waals surface area contributed by atoms with E-state index in [0.717, 1.165) is 12.8 Å². The van der Waals surface area contributed by atoms with Crippen molar-refractivity contribution < 1.29 is 13.7 Å². The van der Waals surface area contributed by atoms with Crippen molar-refractivity contribution in [2.24, 2.45) is 5.73 Å². The normalized spacial score (nSPS) is 22.4. The number of hydrogen-bond acceptors (Lipinski definition) is 5. The molecule has 2 unspecified atom stereocenters. The van der Waals surface area contributed by atoms with Crippen molar-refractivity contribution in [2.75, 3.05) is 6.54 Å². The minimum atomic E-state index is -0.352. The molecule has 2 atom stereocenters. The Morgan fingerprint density at radius 2 is 2.25 bits per heavy atom. The molecule has 5 nitrogen and oxygen atoms in total. The van der Waals surface area contributed by atoms with Crippen molar-refractivity contribution in [1.29, 1.82) is 0 Å². The molecule has 2 N–H and O–H groups in total. The summed E-state index contributed by atoms with van der Waals surface area (Å²) >= 11 is 3.34. The second kappa shape index (κ2) is 5.59. The summed E-state index contributed by atoms with van der Waals surface area (Å²) in [5.74, 6) is 0.396. The number of rotatable bonds is 3. The summed E-state index contributed by atoms with van der Waals surface area (Å²) in [6, 6.07) is 4.33. The average molecular weight is 342 g/mol. The molecular formula is C13H13BrFN3O2. The Labute approximate surface area is 123 Å². The van der Waals surface area contributed by atoms with Gasteiger partial charge in [0.05, 0.1) is 6.10 Å². The molecular weight excluding hydrogens is 329 g/mol. The standard InChI is InChI=1S/C13H13BrFN3O2/c14-10-3-1-7(15)5-9(10)12-17-13(20-18-12)11-4-2-8(6-16)19-11/h1,3,5,8,11H,2,4,6,16H2. The van der Waals surface area contributed by atoms with Crippen molar-refractivity contribution in [2.45, 2.75) is 25.0 Å². The van der Waals surface area contributed by atoms with Crippen LogP contribution >= 0.6 is 15.9 Å². The number of nitrogens with two attached hydrogens (primary N) is 1. The third-order valence-electron chi connectivity index (χ3n) is 3.26. The van der Waals surface area contributed by atoms with Crippen molar-refractivity contribution in [3.05, 3.63) is 34.4 Å². The first-order valence-electron chi connectivity index (χ1n) is 6.32. The molecule has 0 amide bonds. The molecule has 1 saturated heterocycles. The van der Waals surface area contributed by atoms with Crippen LogP contribution in [-0.2, 0) is 4.74 Å². The zero-order chi connectivity index (χ0) is 14.1. The van der Waals surface area contributed by atoms with E-state index < -0.39 is 0 Å². The van der Waals surface area contributed by atoms with Crippen LogP contribution in [-0.4, -0.2) is 22.8 Å². The van der Waals surface area contributed by atoms with E-state index in [-0.39, 0.29) is 18.0 Å². The van der Waals surface area contributed by atoms with Gasteiger partial charge in [-0.2, -0.15) is 4.98 Å². The van der Waals surface area contributed by atoms with Crippen molar-refractivity contribution in [3.63, 3.8) is 0 Å². The Kier molecular flexibility index (Phi) is 3.82. The van der Waals surface area contributed by atoms with E-state index in [2.05, 4.69) is 26.1 Å². The van der Waals surface area contributed by atoms with Crippen molar-refractivity contribution >= 4 is 15.9 Å². The summed E-state index contributed by atoms with van der Waals surface area (Å²) in [6.07, 6.45) is 1.49. The van der Waals surface area contributed by atoms with Crippen LogP contribution < -0.4 is 5.73 Å². The van der Waals surface area contributed by atoms with E-state index in [1.807, 2.05) is 0 Å². The molecule has 1 aliphatic heterocycles. The molecule has 0 aliphatic carbocycles. The fourth-order valence-corrected chi connectivity index (χ4v) is 2.63. The van der Waals surface area contributed by atoms with Gasteiger partial charge in [0.15, 0.2) is 0 Å². The third kappa shape index (κ3) is 2.61. The number of halogens is 2. The van der Waals surface area contributed by atoms with E-state index in [1.165, 1.54) is 12.1 Å². The molecule has 0 radical (unpaired) electrons. The summed E-state index contributed by atoms with van der Waals surface area (Å²) in [5.41, 5.74) is 6.12. The minimum absolute atomic E-state index is 0.0382. The van der Waals surface area contributed by atoms with Crippen LogP contribution in [0.4, 0.5) is 4.39 Å². The van der Waals surface area contributed by atoms with Gasteiger partial charge in [-0.1, -0.05) is 21.1 Å². The lowest BCUT2D eigenvalue weighted by molar-refractivity contribution is 0.0307. The molecule has 1 aliphatic rings. The number of aromatic nitrogens is 2. The van der Waals surface area contributed by atoms with Gasteiger partial charge in [0.25, 0.3) is 5.89 Å². The van der Waals surface area contributed by atoms with Crippen LogP contribution in [0, 0.1) is 5.82 Å². The van der Waals surface area contributed by atoms with Gasteiger partial charge in [-0.3, -0.25) is 0 Å². The molecule has 1 fully saturated rings. The first-order valence-corrected chi connectivity index (χ1v) is 7.11.